The Morgan fingerprint density at radius 3 is 1.65 bits per heavy atom. The van der Waals surface area contributed by atoms with Gasteiger partial charge in [-0.15, -0.1) is 0 Å². The zero-order valence-electron chi connectivity index (χ0n) is 37.1. The van der Waals surface area contributed by atoms with E-state index in [-0.39, 0.29) is 68.5 Å². The second-order valence-electron chi connectivity index (χ2n) is 15.8. The fraction of sp³-hybridized carbons (Fsp3) is 0.364. The molecule has 0 fully saturated rings. The van der Waals surface area contributed by atoms with Crippen molar-refractivity contribution < 1.29 is 28.8 Å². The van der Waals surface area contributed by atoms with Crippen molar-refractivity contribution >= 4 is 22.1 Å². The van der Waals surface area contributed by atoms with Gasteiger partial charge < -0.3 is 37.9 Å². The summed E-state index contributed by atoms with van der Waals surface area (Å²) in [4.78, 5) is 93.9. The zero-order valence-corrected chi connectivity index (χ0v) is 37.1. The minimum absolute atomic E-state index is 0.0648. The lowest BCUT2D eigenvalue weighted by atomic mass is 9.90. The van der Waals surface area contributed by atoms with Crippen LogP contribution >= 0.6 is 0 Å². The number of phenols is 1. The molecule has 6 heterocycles. The summed E-state index contributed by atoms with van der Waals surface area (Å²) in [6, 6.07) is 9.16. The van der Waals surface area contributed by atoms with E-state index in [2.05, 4.69) is 9.97 Å². The van der Waals surface area contributed by atoms with Crippen molar-refractivity contribution in [3.63, 3.8) is 0 Å². The number of aromatic nitrogens is 10. The molecule has 22 nitrogen and oxygen atoms in total. The third-order valence-corrected chi connectivity index (χ3v) is 12.4. The standard InChI is InChI=1S/C44H46N10O12/c1-8-66-33-17-23(9-10-32(33)55)38-24-11-16-51-41(58)49(14-12-25-39(56)47(2)29-20-36(64-6)34(62-4)18-27(29)45-25)43(60)53(51)31(24)22-52-42(59)50(44(61)54(38)52)15-13-26-40(57)48(3)30-21-37(65-7)35(63-5)19-28(30)46-26/h9-11,17-21,31,38,55H,8,12-16,22H2,1-7H3/t31-,38+/m1/s1. The van der Waals surface area contributed by atoms with Crippen molar-refractivity contribution in [3.05, 3.63) is 134 Å². The van der Waals surface area contributed by atoms with Gasteiger partial charge in [-0.2, -0.15) is 0 Å². The Balaban J connectivity index is 1.11. The quantitative estimate of drug-likeness (QED) is 0.158. The van der Waals surface area contributed by atoms with Crippen LogP contribution in [0.3, 0.4) is 0 Å². The largest absolute Gasteiger partial charge is 0.504 e. The van der Waals surface area contributed by atoms with Crippen LogP contribution in [0.2, 0.25) is 0 Å². The van der Waals surface area contributed by atoms with E-state index in [1.807, 2.05) is 0 Å². The number of hydrogen-bond donors (Lipinski definition) is 1. The molecular formula is C44H46N10O12. The van der Waals surface area contributed by atoms with Gasteiger partial charge in [0.2, 0.25) is 0 Å². The molecule has 0 spiro atoms. The number of fused-ring (bicyclic) bond motifs is 6. The molecule has 0 unspecified atom stereocenters. The van der Waals surface area contributed by atoms with Crippen LogP contribution in [-0.4, -0.2) is 87.1 Å². The van der Waals surface area contributed by atoms with Crippen LogP contribution < -0.4 is 57.6 Å². The monoisotopic (exact) mass is 906 g/mol. The topological polar surface area (TPSA) is 234 Å². The number of nitrogens with zero attached hydrogens (tertiary/aromatic N) is 10. The lowest BCUT2D eigenvalue weighted by Gasteiger charge is -2.37. The molecule has 4 aromatic heterocycles. The van der Waals surface area contributed by atoms with Crippen LogP contribution in [0.15, 0.2) is 82.9 Å². The van der Waals surface area contributed by atoms with Gasteiger partial charge in [-0.05, 0) is 30.2 Å². The molecule has 7 aromatic rings. The number of hydrogen-bond acceptors (Lipinski definition) is 14. The second kappa shape index (κ2) is 16.5. The number of rotatable bonds is 13. The lowest BCUT2D eigenvalue weighted by molar-refractivity contribution is 0.245. The van der Waals surface area contributed by atoms with Crippen molar-refractivity contribution in [1.29, 1.82) is 0 Å². The van der Waals surface area contributed by atoms with Crippen LogP contribution in [-0.2, 0) is 53.1 Å². The van der Waals surface area contributed by atoms with Crippen LogP contribution in [0, 0.1) is 0 Å². The van der Waals surface area contributed by atoms with E-state index < -0.39 is 46.0 Å². The second-order valence-corrected chi connectivity index (χ2v) is 15.8. The zero-order chi connectivity index (χ0) is 46.9. The molecule has 0 saturated heterocycles. The minimum Gasteiger partial charge on any atom is -0.504 e. The van der Waals surface area contributed by atoms with E-state index >= 15 is 0 Å². The molecule has 344 valence electrons. The Morgan fingerprint density at radius 2 is 1.14 bits per heavy atom. The smallest absolute Gasteiger partial charge is 0.348 e. The highest BCUT2D eigenvalue weighted by molar-refractivity contribution is 5.80. The van der Waals surface area contributed by atoms with Gasteiger partial charge in [-0.3, -0.25) is 9.59 Å². The van der Waals surface area contributed by atoms with Gasteiger partial charge >= 0.3 is 22.8 Å². The first-order valence-electron chi connectivity index (χ1n) is 21.0. The Bertz CT molecular complexity index is 3540. The molecule has 2 aliphatic heterocycles. The van der Waals surface area contributed by atoms with Gasteiger partial charge in [0.05, 0.1) is 76.2 Å². The summed E-state index contributed by atoms with van der Waals surface area (Å²) in [5.41, 5.74) is -0.600. The van der Waals surface area contributed by atoms with Crippen molar-refractivity contribution in [1.82, 2.24) is 47.0 Å². The highest BCUT2D eigenvalue weighted by atomic mass is 16.5. The lowest BCUT2D eigenvalue weighted by Crippen LogP contribution is -2.47. The summed E-state index contributed by atoms with van der Waals surface area (Å²) in [6.07, 6.45) is 1.58. The molecule has 66 heavy (non-hydrogen) atoms. The number of ether oxygens (including phenoxy) is 5. The molecule has 0 aliphatic carbocycles. The number of aromatic hydroxyl groups is 1. The average Bonchev–Trinajstić information content (AvgIpc) is 3.71. The molecule has 3 aromatic carbocycles. The summed E-state index contributed by atoms with van der Waals surface area (Å²) < 4.78 is 37.3. The first-order valence-corrected chi connectivity index (χ1v) is 21.0. The predicted molar refractivity (Wildman–Crippen MR) is 238 cm³/mol. The van der Waals surface area contributed by atoms with E-state index in [0.717, 1.165) is 9.13 Å². The SMILES string of the molecule is CCOc1cc([C@H]2C3=CCn4c(=O)n(CCc5nc6cc(OC)c(OC)cc6n(C)c5=O)c(=O)n4[C@@H]3Cn3c(=O)n(CCc4nc5cc(OC)c(OC)cc5n(C)c4=O)c(=O)n32)ccc1O. The average molecular weight is 907 g/mol. The molecule has 9 rings (SSSR count). The van der Waals surface area contributed by atoms with Crippen LogP contribution in [0.1, 0.15) is 36.0 Å². The molecule has 0 bridgehead atoms. The summed E-state index contributed by atoms with van der Waals surface area (Å²) >= 11 is 0. The van der Waals surface area contributed by atoms with Crippen molar-refractivity contribution in [2.24, 2.45) is 14.1 Å². The Hall–Kier alpha value is -8.04. The Kier molecular flexibility index (Phi) is 10.8. The van der Waals surface area contributed by atoms with Gasteiger partial charge in [0, 0.05) is 64.3 Å². The van der Waals surface area contributed by atoms with Gasteiger partial charge in [0.25, 0.3) is 11.1 Å². The van der Waals surface area contributed by atoms with Crippen molar-refractivity contribution in [2.75, 3.05) is 35.0 Å². The maximum absolute atomic E-state index is 14.6. The maximum atomic E-state index is 14.6. The van der Waals surface area contributed by atoms with Gasteiger partial charge in [0.15, 0.2) is 34.5 Å². The summed E-state index contributed by atoms with van der Waals surface area (Å²) in [5.74, 6) is 1.61. The van der Waals surface area contributed by atoms with E-state index in [1.54, 1.807) is 63.5 Å². The summed E-state index contributed by atoms with van der Waals surface area (Å²) in [6.45, 7) is 1.25. The van der Waals surface area contributed by atoms with E-state index in [0.29, 0.717) is 56.2 Å². The van der Waals surface area contributed by atoms with Gasteiger partial charge in [0.1, 0.15) is 17.4 Å². The predicted octanol–water partition coefficient (Wildman–Crippen LogP) is 0.839. The molecule has 1 N–H and O–H groups in total. The van der Waals surface area contributed by atoms with Crippen LogP contribution in [0.5, 0.6) is 34.5 Å². The number of aryl methyl sites for hydroxylation is 4. The normalized spacial score (nSPS) is 15.3. The fourth-order valence-corrected chi connectivity index (χ4v) is 9.09. The van der Waals surface area contributed by atoms with E-state index in [1.165, 1.54) is 62.4 Å². The first kappa shape index (κ1) is 43.2. The van der Waals surface area contributed by atoms with Gasteiger partial charge in [-0.25, -0.2) is 57.0 Å². The molecule has 0 radical (unpaired) electrons. The summed E-state index contributed by atoms with van der Waals surface area (Å²) in [5, 5.41) is 10.7. The number of benzene rings is 3. The highest BCUT2D eigenvalue weighted by Gasteiger charge is 2.41. The number of methoxy groups -OCH3 is 4. The number of phenolic OH excluding ortho intramolecular Hbond substituents is 1. The molecule has 2 aliphatic rings. The van der Waals surface area contributed by atoms with Crippen LogP contribution in [0.4, 0.5) is 0 Å². The molecule has 0 saturated carbocycles. The van der Waals surface area contributed by atoms with Crippen molar-refractivity contribution in [2.45, 2.75) is 58.0 Å². The third kappa shape index (κ3) is 6.69. The van der Waals surface area contributed by atoms with Crippen molar-refractivity contribution in [3.8, 4) is 34.5 Å². The third-order valence-electron chi connectivity index (χ3n) is 12.4. The highest BCUT2D eigenvalue weighted by Crippen LogP contribution is 2.41. The van der Waals surface area contributed by atoms with Crippen LogP contribution in [0.25, 0.3) is 22.1 Å². The molecule has 0 amide bonds. The maximum Gasteiger partial charge on any atom is 0.348 e. The van der Waals surface area contributed by atoms with E-state index in [4.69, 9.17) is 23.7 Å². The molecule has 22 heteroatoms. The molecule has 2 atom stereocenters. The summed E-state index contributed by atoms with van der Waals surface area (Å²) in [7, 11) is 9.09. The van der Waals surface area contributed by atoms with Gasteiger partial charge in [-0.1, -0.05) is 12.1 Å². The minimum atomic E-state index is -1.02. The Morgan fingerprint density at radius 1 is 0.636 bits per heavy atom. The number of allylic oxidation sites excluding steroid dienone is 2. The van der Waals surface area contributed by atoms with E-state index in [9.17, 15) is 33.9 Å². The fourth-order valence-electron chi connectivity index (χ4n) is 9.09. The first-order chi connectivity index (χ1) is 31.7. The molecular weight excluding hydrogens is 861 g/mol. The Labute approximate surface area is 372 Å².